The molecular formula is C33H28F2O6. The van der Waals surface area contributed by atoms with Crippen molar-refractivity contribution in [2.24, 2.45) is 0 Å². The van der Waals surface area contributed by atoms with E-state index in [1.807, 2.05) is 36.4 Å². The summed E-state index contributed by atoms with van der Waals surface area (Å²) in [4.78, 5) is 11.7. The Morgan fingerprint density at radius 3 is 2.54 bits per heavy atom. The van der Waals surface area contributed by atoms with E-state index in [-0.39, 0.29) is 42.2 Å². The largest absolute Gasteiger partial charge is 0.492 e. The van der Waals surface area contributed by atoms with Gasteiger partial charge in [0.15, 0.2) is 11.6 Å². The molecule has 0 aromatic heterocycles. The van der Waals surface area contributed by atoms with Crippen LogP contribution in [0, 0.1) is 11.6 Å². The minimum absolute atomic E-state index is 0.0785. The van der Waals surface area contributed by atoms with Gasteiger partial charge in [-0.05, 0) is 48.7 Å². The third-order valence-corrected chi connectivity index (χ3v) is 7.39. The molecule has 1 aliphatic carbocycles. The number of rotatable bonds is 9. The fourth-order valence-electron chi connectivity index (χ4n) is 5.33. The Hall–Kier alpha value is -4.59. The summed E-state index contributed by atoms with van der Waals surface area (Å²) in [6.07, 6.45) is 0.803. The molecule has 210 valence electrons. The van der Waals surface area contributed by atoms with Crippen LogP contribution in [0.4, 0.5) is 8.78 Å². The van der Waals surface area contributed by atoms with Crippen LogP contribution in [0.1, 0.15) is 47.1 Å². The summed E-state index contributed by atoms with van der Waals surface area (Å²) in [7, 11) is 1.36. The summed E-state index contributed by atoms with van der Waals surface area (Å²) in [6.45, 7) is 0.630. The van der Waals surface area contributed by atoms with Crippen molar-refractivity contribution in [3.63, 3.8) is 0 Å². The van der Waals surface area contributed by atoms with E-state index in [0.717, 1.165) is 11.1 Å². The van der Waals surface area contributed by atoms with Crippen molar-refractivity contribution in [3.05, 3.63) is 113 Å². The Kier molecular flexibility index (Phi) is 7.46. The minimum atomic E-state index is -0.550. The summed E-state index contributed by atoms with van der Waals surface area (Å²) in [5.41, 5.74) is 2.97. The van der Waals surface area contributed by atoms with E-state index in [4.69, 9.17) is 23.7 Å². The van der Waals surface area contributed by atoms with Gasteiger partial charge in [0.2, 0.25) is 0 Å². The van der Waals surface area contributed by atoms with Crippen molar-refractivity contribution in [2.45, 2.75) is 37.9 Å². The van der Waals surface area contributed by atoms with Crippen molar-refractivity contribution in [3.8, 4) is 28.7 Å². The second-order valence-electron chi connectivity index (χ2n) is 10.0. The molecule has 0 saturated heterocycles. The first-order valence-corrected chi connectivity index (χ1v) is 13.4. The van der Waals surface area contributed by atoms with Crippen LogP contribution < -0.4 is 18.9 Å². The highest BCUT2D eigenvalue weighted by molar-refractivity contribution is 5.71. The van der Waals surface area contributed by atoms with Gasteiger partial charge in [0.1, 0.15) is 41.5 Å². The molecule has 0 spiro atoms. The summed E-state index contributed by atoms with van der Waals surface area (Å²) < 4.78 is 58.2. The standard InChI is InChI=1S/C33H28F2O6/c1-37-32(36)15-21-19-39-31-17-23(7-9-24(21)31)41-30-13-10-25-28(14-11-26(34)33(25)30)40-22-8-12-29(27(35)16-22)38-18-20-5-3-2-4-6-20/h2-9,11-12,14,16-17,21,30H,10,13,15,18-19H2,1H3/t21?,30-/m1/s1. The van der Waals surface area contributed by atoms with Crippen LogP contribution in [0.3, 0.4) is 0 Å². The first-order chi connectivity index (χ1) is 20.0. The molecule has 1 unspecified atom stereocenters. The maximum Gasteiger partial charge on any atom is 0.306 e. The molecule has 0 bridgehead atoms. The Morgan fingerprint density at radius 2 is 1.73 bits per heavy atom. The molecule has 1 aliphatic heterocycles. The fourth-order valence-corrected chi connectivity index (χ4v) is 5.33. The van der Waals surface area contributed by atoms with Gasteiger partial charge in [-0.1, -0.05) is 36.4 Å². The number of carbonyl (C=O) groups excluding carboxylic acids is 1. The average molecular weight is 559 g/mol. The van der Waals surface area contributed by atoms with Gasteiger partial charge in [-0.15, -0.1) is 0 Å². The van der Waals surface area contributed by atoms with Gasteiger partial charge in [0, 0.05) is 34.7 Å². The van der Waals surface area contributed by atoms with Gasteiger partial charge >= 0.3 is 5.97 Å². The predicted octanol–water partition coefficient (Wildman–Crippen LogP) is 7.44. The van der Waals surface area contributed by atoms with Crippen LogP contribution in [0.2, 0.25) is 0 Å². The molecule has 1 heterocycles. The van der Waals surface area contributed by atoms with Gasteiger partial charge in [0.05, 0.1) is 20.1 Å². The van der Waals surface area contributed by atoms with Gasteiger partial charge < -0.3 is 23.7 Å². The van der Waals surface area contributed by atoms with Crippen LogP contribution in [-0.4, -0.2) is 19.7 Å². The third-order valence-electron chi connectivity index (χ3n) is 7.39. The van der Waals surface area contributed by atoms with E-state index in [1.165, 1.54) is 25.3 Å². The lowest BCUT2D eigenvalue weighted by atomic mass is 9.98. The topological polar surface area (TPSA) is 63.2 Å². The van der Waals surface area contributed by atoms with Crippen molar-refractivity contribution in [1.82, 2.24) is 0 Å². The lowest BCUT2D eigenvalue weighted by Crippen LogP contribution is -2.09. The number of ether oxygens (including phenoxy) is 5. The van der Waals surface area contributed by atoms with Gasteiger partial charge in [0.25, 0.3) is 0 Å². The zero-order valence-electron chi connectivity index (χ0n) is 22.4. The van der Waals surface area contributed by atoms with Crippen molar-refractivity contribution in [1.29, 1.82) is 0 Å². The van der Waals surface area contributed by atoms with E-state index in [9.17, 15) is 9.18 Å². The predicted molar refractivity (Wildman–Crippen MR) is 147 cm³/mol. The zero-order chi connectivity index (χ0) is 28.3. The summed E-state index contributed by atoms with van der Waals surface area (Å²) >= 11 is 0. The second kappa shape index (κ2) is 11.5. The molecule has 0 saturated carbocycles. The van der Waals surface area contributed by atoms with Crippen LogP contribution in [0.5, 0.6) is 28.7 Å². The fraction of sp³-hybridized carbons (Fsp3) is 0.242. The Balaban J connectivity index is 1.15. The molecule has 0 amide bonds. The zero-order valence-corrected chi connectivity index (χ0v) is 22.4. The van der Waals surface area contributed by atoms with Gasteiger partial charge in [-0.3, -0.25) is 4.79 Å². The number of hydrogen-bond donors (Lipinski definition) is 0. The second-order valence-corrected chi connectivity index (χ2v) is 10.0. The number of hydrogen-bond acceptors (Lipinski definition) is 6. The molecule has 0 radical (unpaired) electrons. The molecule has 8 heteroatoms. The summed E-state index contributed by atoms with van der Waals surface area (Å²) in [5, 5.41) is 0. The normalized spacial score (nSPS) is 16.9. The van der Waals surface area contributed by atoms with Crippen molar-refractivity contribution in [2.75, 3.05) is 13.7 Å². The summed E-state index contributed by atoms with van der Waals surface area (Å²) in [5.74, 6) is 0.728. The smallest absolute Gasteiger partial charge is 0.306 e. The lowest BCUT2D eigenvalue weighted by Gasteiger charge is -2.17. The highest BCUT2D eigenvalue weighted by atomic mass is 19.1. The Morgan fingerprint density at radius 1 is 0.927 bits per heavy atom. The first-order valence-electron chi connectivity index (χ1n) is 13.4. The number of carbonyl (C=O) groups is 1. The molecule has 41 heavy (non-hydrogen) atoms. The monoisotopic (exact) mass is 558 g/mol. The van der Waals surface area contributed by atoms with Gasteiger partial charge in [-0.25, -0.2) is 8.78 Å². The molecule has 4 aromatic rings. The Labute approximate surface area is 236 Å². The van der Waals surface area contributed by atoms with Crippen molar-refractivity contribution >= 4 is 5.97 Å². The van der Waals surface area contributed by atoms with Gasteiger partial charge in [-0.2, -0.15) is 0 Å². The number of esters is 1. The third kappa shape index (κ3) is 5.68. The number of benzene rings is 4. The maximum absolute atomic E-state index is 15.0. The number of methoxy groups -OCH3 is 1. The van der Waals surface area contributed by atoms with Crippen LogP contribution in [-0.2, 0) is 22.6 Å². The molecule has 0 N–H and O–H groups in total. The Bertz CT molecular complexity index is 1570. The molecule has 2 aliphatic rings. The van der Waals surface area contributed by atoms with Crippen LogP contribution >= 0.6 is 0 Å². The van der Waals surface area contributed by atoms with E-state index in [1.54, 1.807) is 24.3 Å². The average Bonchev–Trinajstić information content (AvgIpc) is 3.59. The van der Waals surface area contributed by atoms with E-state index >= 15 is 4.39 Å². The molecule has 6 nitrogen and oxygen atoms in total. The molecule has 6 rings (SSSR count). The molecule has 2 atom stereocenters. The SMILES string of the molecule is COC(=O)CC1COc2cc(O[C@@H]3CCc4c(Oc5ccc(OCc6ccccc6)c(F)c5)ccc(F)c43)ccc21. The first kappa shape index (κ1) is 26.6. The minimum Gasteiger partial charge on any atom is -0.492 e. The highest BCUT2D eigenvalue weighted by Gasteiger charge is 2.32. The van der Waals surface area contributed by atoms with Crippen LogP contribution in [0.25, 0.3) is 0 Å². The molecule has 4 aromatic carbocycles. The molecule has 0 fully saturated rings. The summed E-state index contributed by atoms with van der Waals surface area (Å²) in [6, 6.07) is 22.3. The van der Waals surface area contributed by atoms with E-state index in [2.05, 4.69) is 0 Å². The number of halogens is 2. The highest BCUT2D eigenvalue weighted by Crippen LogP contribution is 2.44. The van der Waals surface area contributed by atoms with E-state index < -0.39 is 11.9 Å². The van der Waals surface area contributed by atoms with E-state index in [0.29, 0.717) is 47.8 Å². The molecular weight excluding hydrogens is 530 g/mol. The lowest BCUT2D eigenvalue weighted by molar-refractivity contribution is -0.141. The maximum atomic E-state index is 15.0. The van der Waals surface area contributed by atoms with Crippen molar-refractivity contribution < 1.29 is 37.3 Å². The number of fused-ring (bicyclic) bond motifs is 2. The van der Waals surface area contributed by atoms with Crippen LogP contribution in [0.15, 0.2) is 78.9 Å². The quantitative estimate of drug-likeness (QED) is 0.199.